The quantitative estimate of drug-likeness (QED) is 0.769. The molecule has 0 aromatic carbocycles. The zero-order valence-corrected chi connectivity index (χ0v) is 10.6. The monoisotopic (exact) mass is 235 g/mol. The van der Waals surface area contributed by atoms with Gasteiger partial charge in [0.15, 0.2) is 5.78 Å². The molecule has 4 nitrogen and oxygen atoms in total. The summed E-state index contributed by atoms with van der Waals surface area (Å²) in [5, 5.41) is 3.32. The molecule has 0 atom stereocenters. The van der Waals surface area contributed by atoms with Crippen LogP contribution in [0.5, 0.6) is 0 Å². The molecule has 1 aliphatic heterocycles. The summed E-state index contributed by atoms with van der Waals surface area (Å²) in [6.45, 7) is 8.98. The molecule has 1 saturated heterocycles. The van der Waals surface area contributed by atoms with Gasteiger partial charge in [-0.2, -0.15) is 0 Å². The number of nitrogens with one attached hydrogen (secondary N) is 2. The van der Waals surface area contributed by atoms with Crippen LogP contribution in [-0.2, 0) is 0 Å². The molecular formula is C13H21N3O. The number of nitrogens with zero attached hydrogens (tertiary/aromatic N) is 1. The number of carbonyl (C=O) groups excluding carboxylic acids is 1. The molecule has 0 amide bonds. The second-order valence-corrected chi connectivity index (χ2v) is 5.32. The maximum Gasteiger partial charge on any atom is 0.185 e. The van der Waals surface area contributed by atoms with Gasteiger partial charge in [-0.05, 0) is 12.1 Å². The van der Waals surface area contributed by atoms with Gasteiger partial charge in [0, 0.05) is 44.3 Å². The van der Waals surface area contributed by atoms with Crippen molar-refractivity contribution in [2.24, 2.45) is 5.41 Å². The van der Waals surface area contributed by atoms with E-state index in [9.17, 15) is 4.79 Å². The van der Waals surface area contributed by atoms with Crippen LogP contribution < -0.4 is 5.32 Å². The second kappa shape index (κ2) is 5.02. The van der Waals surface area contributed by atoms with Crippen LogP contribution in [0.25, 0.3) is 0 Å². The molecule has 2 rings (SSSR count). The van der Waals surface area contributed by atoms with Crippen molar-refractivity contribution in [3.63, 3.8) is 0 Å². The lowest BCUT2D eigenvalue weighted by molar-refractivity contribution is 0.0747. The lowest BCUT2D eigenvalue weighted by Gasteiger charge is -2.34. The standard InChI is InChI=1S/C13H21N3O/c1-13(2,10-16-8-6-14-7-9-16)12(17)11-4-3-5-15-11/h3-5,14-15H,6-10H2,1-2H3. The molecule has 1 aromatic heterocycles. The minimum atomic E-state index is -0.331. The van der Waals surface area contributed by atoms with Gasteiger partial charge in [0.05, 0.1) is 5.69 Å². The van der Waals surface area contributed by atoms with E-state index in [2.05, 4.69) is 15.2 Å². The third-order valence-electron chi connectivity index (χ3n) is 3.29. The topological polar surface area (TPSA) is 48.1 Å². The van der Waals surface area contributed by atoms with Gasteiger partial charge in [0.2, 0.25) is 0 Å². The third kappa shape index (κ3) is 2.96. The lowest BCUT2D eigenvalue weighted by atomic mass is 9.85. The van der Waals surface area contributed by atoms with Crippen LogP contribution in [0.3, 0.4) is 0 Å². The molecule has 1 aliphatic rings. The molecule has 17 heavy (non-hydrogen) atoms. The first-order valence-electron chi connectivity index (χ1n) is 6.21. The smallest absolute Gasteiger partial charge is 0.185 e. The number of carbonyl (C=O) groups is 1. The van der Waals surface area contributed by atoms with Crippen molar-refractivity contribution in [2.45, 2.75) is 13.8 Å². The van der Waals surface area contributed by atoms with Crippen molar-refractivity contribution in [3.8, 4) is 0 Å². The average Bonchev–Trinajstić information content (AvgIpc) is 2.82. The Morgan fingerprint density at radius 1 is 1.41 bits per heavy atom. The number of piperazine rings is 1. The Hall–Kier alpha value is -1.13. The molecule has 0 radical (unpaired) electrons. The fourth-order valence-corrected chi connectivity index (χ4v) is 2.34. The van der Waals surface area contributed by atoms with Gasteiger partial charge in [-0.1, -0.05) is 13.8 Å². The lowest BCUT2D eigenvalue weighted by Crippen LogP contribution is -2.48. The Morgan fingerprint density at radius 3 is 2.71 bits per heavy atom. The van der Waals surface area contributed by atoms with Crippen LogP contribution in [0.2, 0.25) is 0 Å². The van der Waals surface area contributed by atoms with Gasteiger partial charge in [-0.3, -0.25) is 9.69 Å². The highest BCUT2D eigenvalue weighted by Gasteiger charge is 2.31. The van der Waals surface area contributed by atoms with Crippen LogP contribution in [0.15, 0.2) is 18.3 Å². The van der Waals surface area contributed by atoms with E-state index in [1.807, 2.05) is 26.0 Å². The van der Waals surface area contributed by atoms with Crippen LogP contribution in [0.4, 0.5) is 0 Å². The molecule has 4 heteroatoms. The summed E-state index contributed by atoms with van der Waals surface area (Å²) in [4.78, 5) is 17.7. The van der Waals surface area contributed by atoms with Crippen LogP contribution >= 0.6 is 0 Å². The molecular weight excluding hydrogens is 214 g/mol. The van der Waals surface area contributed by atoms with Gasteiger partial charge in [0.1, 0.15) is 0 Å². The maximum atomic E-state index is 12.3. The van der Waals surface area contributed by atoms with E-state index < -0.39 is 0 Å². The summed E-state index contributed by atoms with van der Waals surface area (Å²) in [5.74, 6) is 0.195. The second-order valence-electron chi connectivity index (χ2n) is 5.32. The maximum absolute atomic E-state index is 12.3. The number of ketones is 1. The zero-order valence-electron chi connectivity index (χ0n) is 10.6. The van der Waals surface area contributed by atoms with Gasteiger partial charge in [0.25, 0.3) is 0 Å². The zero-order chi connectivity index (χ0) is 12.3. The Kier molecular flexibility index (Phi) is 3.64. The Bertz CT molecular complexity index is 364. The fraction of sp³-hybridized carbons (Fsp3) is 0.615. The molecule has 0 bridgehead atoms. The molecule has 94 valence electrons. The number of H-pyrrole nitrogens is 1. The van der Waals surface area contributed by atoms with Gasteiger partial charge >= 0.3 is 0 Å². The van der Waals surface area contributed by atoms with Crippen molar-refractivity contribution in [2.75, 3.05) is 32.7 Å². The summed E-state index contributed by atoms with van der Waals surface area (Å²) in [6.07, 6.45) is 1.80. The molecule has 0 spiro atoms. The molecule has 1 aromatic rings. The minimum Gasteiger partial charge on any atom is -0.359 e. The number of aromatic amines is 1. The third-order valence-corrected chi connectivity index (χ3v) is 3.29. The van der Waals surface area contributed by atoms with E-state index >= 15 is 0 Å². The van der Waals surface area contributed by atoms with Crippen LogP contribution in [0, 0.1) is 5.41 Å². The molecule has 0 saturated carbocycles. The van der Waals surface area contributed by atoms with E-state index in [0.717, 1.165) is 32.7 Å². The van der Waals surface area contributed by atoms with Crippen molar-refractivity contribution < 1.29 is 4.79 Å². The normalized spacial score (nSPS) is 18.2. The summed E-state index contributed by atoms with van der Waals surface area (Å²) in [7, 11) is 0. The largest absolute Gasteiger partial charge is 0.359 e. The molecule has 0 unspecified atom stereocenters. The van der Waals surface area contributed by atoms with Gasteiger partial charge < -0.3 is 10.3 Å². The van der Waals surface area contributed by atoms with E-state index in [1.165, 1.54) is 0 Å². The molecule has 2 heterocycles. The molecule has 1 fully saturated rings. The van der Waals surface area contributed by atoms with Gasteiger partial charge in [-0.25, -0.2) is 0 Å². The van der Waals surface area contributed by atoms with Crippen molar-refractivity contribution in [1.82, 2.24) is 15.2 Å². The minimum absolute atomic E-state index is 0.195. The van der Waals surface area contributed by atoms with Crippen LogP contribution in [0.1, 0.15) is 24.3 Å². The number of aromatic nitrogens is 1. The van der Waals surface area contributed by atoms with E-state index in [-0.39, 0.29) is 11.2 Å². The molecule has 2 N–H and O–H groups in total. The highest BCUT2D eigenvalue weighted by Crippen LogP contribution is 2.22. The van der Waals surface area contributed by atoms with E-state index in [0.29, 0.717) is 5.69 Å². The SMILES string of the molecule is CC(C)(CN1CCNCC1)C(=O)c1ccc[nH]1. The number of rotatable bonds is 4. The molecule has 0 aliphatic carbocycles. The predicted molar refractivity (Wildman–Crippen MR) is 68.2 cm³/mol. The highest BCUT2D eigenvalue weighted by atomic mass is 16.1. The summed E-state index contributed by atoms with van der Waals surface area (Å²) in [6, 6.07) is 3.72. The number of Topliss-reactive ketones (excluding diaryl/α,β-unsaturated/α-hetero) is 1. The van der Waals surface area contributed by atoms with Crippen molar-refractivity contribution >= 4 is 5.78 Å². The van der Waals surface area contributed by atoms with Crippen LogP contribution in [-0.4, -0.2) is 48.4 Å². The number of hydrogen-bond donors (Lipinski definition) is 2. The number of hydrogen-bond acceptors (Lipinski definition) is 3. The first-order chi connectivity index (χ1) is 8.09. The first-order valence-corrected chi connectivity index (χ1v) is 6.21. The first kappa shape index (κ1) is 12.3. The van der Waals surface area contributed by atoms with Crippen molar-refractivity contribution in [1.29, 1.82) is 0 Å². The van der Waals surface area contributed by atoms with E-state index in [4.69, 9.17) is 0 Å². The Morgan fingerprint density at radius 2 is 2.12 bits per heavy atom. The predicted octanol–water partition coefficient (Wildman–Crippen LogP) is 1.13. The van der Waals surface area contributed by atoms with Crippen molar-refractivity contribution in [3.05, 3.63) is 24.0 Å². The average molecular weight is 235 g/mol. The fourth-order valence-electron chi connectivity index (χ4n) is 2.34. The summed E-state index contributed by atoms with van der Waals surface area (Å²) < 4.78 is 0. The van der Waals surface area contributed by atoms with E-state index in [1.54, 1.807) is 6.20 Å². The Balaban J connectivity index is 2.00. The Labute approximate surface area is 102 Å². The summed E-state index contributed by atoms with van der Waals surface area (Å²) >= 11 is 0. The summed E-state index contributed by atoms with van der Waals surface area (Å²) in [5.41, 5.74) is 0.382. The van der Waals surface area contributed by atoms with Gasteiger partial charge in [-0.15, -0.1) is 0 Å². The highest BCUT2D eigenvalue weighted by molar-refractivity contribution is 5.98.